The van der Waals surface area contributed by atoms with Gasteiger partial charge in [0, 0.05) is 49.8 Å². The van der Waals surface area contributed by atoms with Crippen molar-refractivity contribution in [3.8, 4) is 0 Å². The van der Waals surface area contributed by atoms with E-state index in [4.69, 9.17) is 4.42 Å². The Kier molecular flexibility index (Phi) is 5.01. The monoisotopic (exact) mass is 365 g/mol. The molecule has 5 heteroatoms. The number of aromatic nitrogens is 2. The predicted octanol–water partition coefficient (Wildman–Crippen LogP) is 4.53. The minimum absolute atomic E-state index is 0.120. The fraction of sp³-hybridized carbons (Fsp3) is 0.455. The molecule has 3 aromatic rings. The zero-order chi connectivity index (χ0) is 18.8. The number of hydrogen-bond acceptors (Lipinski definition) is 3. The summed E-state index contributed by atoms with van der Waals surface area (Å²) in [6, 6.07) is 7.90. The van der Waals surface area contributed by atoms with E-state index in [9.17, 15) is 4.79 Å². The highest BCUT2D eigenvalue weighted by Crippen LogP contribution is 2.32. The summed E-state index contributed by atoms with van der Waals surface area (Å²) in [6.07, 6.45) is 8.69. The highest BCUT2D eigenvalue weighted by Gasteiger charge is 2.29. The maximum absolute atomic E-state index is 13.4. The second-order valence-corrected chi connectivity index (χ2v) is 7.50. The molecule has 1 aliphatic rings. The average Bonchev–Trinajstić information content (AvgIpc) is 3.29. The van der Waals surface area contributed by atoms with E-state index in [1.165, 1.54) is 5.69 Å². The SMILES string of the molecule is CCCCc1oc2ccccc2c1C(=O)N1CCC(c2cncn2C)CC1. The maximum Gasteiger partial charge on any atom is 0.258 e. The molecule has 27 heavy (non-hydrogen) atoms. The quantitative estimate of drug-likeness (QED) is 0.667. The Hall–Kier alpha value is -2.56. The number of fused-ring (bicyclic) bond motifs is 1. The molecule has 0 spiro atoms. The molecule has 3 heterocycles. The van der Waals surface area contributed by atoms with Crippen LogP contribution in [-0.4, -0.2) is 33.4 Å². The van der Waals surface area contributed by atoms with Gasteiger partial charge in [-0.25, -0.2) is 4.98 Å². The third kappa shape index (κ3) is 3.38. The Balaban J connectivity index is 1.55. The van der Waals surface area contributed by atoms with Crippen LogP contribution in [0, 0.1) is 0 Å². The molecule has 0 atom stereocenters. The summed E-state index contributed by atoms with van der Waals surface area (Å²) in [5, 5.41) is 0.947. The number of benzene rings is 1. The largest absolute Gasteiger partial charge is 0.460 e. The standard InChI is InChI=1S/C22H27N3O2/c1-3-4-8-20-21(17-7-5-6-9-19(17)27-20)22(26)25-12-10-16(11-13-25)18-14-23-15-24(18)2/h5-7,9,14-16H,3-4,8,10-13H2,1-2H3. The minimum atomic E-state index is 0.120. The van der Waals surface area contributed by atoms with Crippen LogP contribution in [0.25, 0.3) is 11.0 Å². The molecular weight excluding hydrogens is 338 g/mol. The molecule has 2 aromatic heterocycles. The summed E-state index contributed by atoms with van der Waals surface area (Å²) in [5.74, 6) is 1.44. The van der Waals surface area contributed by atoms with Crippen LogP contribution in [0.4, 0.5) is 0 Å². The molecule has 1 aliphatic heterocycles. The second kappa shape index (κ2) is 7.59. The van der Waals surface area contributed by atoms with Crippen molar-refractivity contribution in [2.45, 2.75) is 44.9 Å². The van der Waals surface area contributed by atoms with E-state index >= 15 is 0 Å². The second-order valence-electron chi connectivity index (χ2n) is 7.50. The normalized spacial score (nSPS) is 15.6. The lowest BCUT2D eigenvalue weighted by Gasteiger charge is -2.32. The summed E-state index contributed by atoms with van der Waals surface area (Å²) in [6.45, 7) is 3.72. The lowest BCUT2D eigenvalue weighted by Crippen LogP contribution is -2.38. The molecule has 1 aromatic carbocycles. The Labute approximate surface area is 160 Å². The average molecular weight is 365 g/mol. The number of nitrogens with zero attached hydrogens (tertiary/aromatic N) is 3. The Morgan fingerprint density at radius 3 is 2.74 bits per heavy atom. The van der Waals surface area contributed by atoms with Crippen molar-refractivity contribution in [1.29, 1.82) is 0 Å². The number of furan rings is 1. The highest BCUT2D eigenvalue weighted by atomic mass is 16.3. The molecule has 0 N–H and O–H groups in total. The number of piperidine rings is 1. The molecule has 0 radical (unpaired) electrons. The first-order valence-corrected chi connectivity index (χ1v) is 9.95. The van der Waals surface area contributed by atoms with Crippen LogP contribution in [0.3, 0.4) is 0 Å². The summed E-state index contributed by atoms with van der Waals surface area (Å²) < 4.78 is 8.14. The minimum Gasteiger partial charge on any atom is -0.460 e. The van der Waals surface area contributed by atoms with Gasteiger partial charge in [-0.15, -0.1) is 0 Å². The molecule has 142 valence electrons. The number of unbranched alkanes of at least 4 members (excludes halogenated alkanes) is 1. The van der Waals surface area contributed by atoms with Gasteiger partial charge in [0.25, 0.3) is 5.91 Å². The highest BCUT2D eigenvalue weighted by molar-refractivity contribution is 6.07. The number of carbonyl (C=O) groups is 1. The number of hydrogen-bond donors (Lipinski definition) is 0. The van der Waals surface area contributed by atoms with E-state index in [1.54, 1.807) is 0 Å². The first kappa shape index (κ1) is 17.8. The van der Waals surface area contributed by atoms with Crippen molar-refractivity contribution in [2.24, 2.45) is 7.05 Å². The Bertz CT molecular complexity index is 932. The molecular formula is C22H27N3O2. The van der Waals surface area contributed by atoms with Crippen molar-refractivity contribution in [2.75, 3.05) is 13.1 Å². The topological polar surface area (TPSA) is 51.3 Å². The first-order chi connectivity index (χ1) is 13.2. The first-order valence-electron chi connectivity index (χ1n) is 9.95. The van der Waals surface area contributed by atoms with Crippen molar-refractivity contribution in [1.82, 2.24) is 14.5 Å². The van der Waals surface area contributed by atoms with Gasteiger partial charge in [0.15, 0.2) is 0 Å². The van der Waals surface area contributed by atoms with E-state index in [0.29, 0.717) is 5.92 Å². The summed E-state index contributed by atoms with van der Waals surface area (Å²) in [4.78, 5) is 19.6. The number of carbonyl (C=O) groups excluding carboxylic acids is 1. The van der Waals surface area contributed by atoms with Crippen molar-refractivity contribution in [3.05, 3.63) is 53.8 Å². The number of likely N-dealkylation sites (tertiary alicyclic amines) is 1. The molecule has 1 amide bonds. The van der Waals surface area contributed by atoms with Gasteiger partial charge in [-0.3, -0.25) is 4.79 Å². The van der Waals surface area contributed by atoms with Gasteiger partial charge in [-0.05, 0) is 25.3 Å². The molecule has 0 aliphatic carbocycles. The van der Waals surface area contributed by atoms with Crippen LogP contribution in [0.15, 0.2) is 41.2 Å². The lowest BCUT2D eigenvalue weighted by atomic mass is 9.93. The summed E-state index contributed by atoms with van der Waals surface area (Å²) in [7, 11) is 2.04. The summed E-state index contributed by atoms with van der Waals surface area (Å²) in [5.41, 5.74) is 2.86. The molecule has 0 unspecified atom stereocenters. The van der Waals surface area contributed by atoms with Gasteiger partial charge >= 0.3 is 0 Å². The third-order valence-electron chi connectivity index (χ3n) is 5.69. The van der Waals surface area contributed by atoms with Crippen LogP contribution >= 0.6 is 0 Å². The van der Waals surface area contributed by atoms with Gasteiger partial charge in [0.1, 0.15) is 11.3 Å². The van der Waals surface area contributed by atoms with Crippen LogP contribution in [0.1, 0.15) is 60.3 Å². The van der Waals surface area contributed by atoms with Gasteiger partial charge in [0.2, 0.25) is 0 Å². The Morgan fingerprint density at radius 2 is 2.04 bits per heavy atom. The molecule has 0 bridgehead atoms. The number of amides is 1. The van der Waals surface area contributed by atoms with E-state index in [2.05, 4.69) is 16.5 Å². The van der Waals surface area contributed by atoms with Crippen LogP contribution in [-0.2, 0) is 13.5 Å². The van der Waals surface area contributed by atoms with Gasteiger partial charge in [-0.2, -0.15) is 0 Å². The molecule has 1 fully saturated rings. The van der Waals surface area contributed by atoms with Crippen LogP contribution in [0.2, 0.25) is 0 Å². The number of para-hydroxylation sites is 1. The van der Waals surface area contributed by atoms with E-state index in [1.807, 2.05) is 48.7 Å². The van der Waals surface area contributed by atoms with Crippen LogP contribution in [0.5, 0.6) is 0 Å². The molecule has 1 saturated heterocycles. The van der Waals surface area contributed by atoms with Gasteiger partial charge in [0.05, 0.1) is 11.9 Å². The van der Waals surface area contributed by atoms with Gasteiger partial charge in [-0.1, -0.05) is 31.5 Å². The smallest absolute Gasteiger partial charge is 0.258 e. The Morgan fingerprint density at radius 1 is 1.26 bits per heavy atom. The molecule has 5 nitrogen and oxygen atoms in total. The van der Waals surface area contributed by atoms with Crippen LogP contribution < -0.4 is 0 Å². The number of rotatable bonds is 5. The van der Waals surface area contributed by atoms with Crippen molar-refractivity contribution < 1.29 is 9.21 Å². The van der Waals surface area contributed by atoms with E-state index in [0.717, 1.165) is 67.5 Å². The van der Waals surface area contributed by atoms with E-state index < -0.39 is 0 Å². The maximum atomic E-state index is 13.4. The fourth-order valence-corrected chi connectivity index (χ4v) is 4.14. The number of aryl methyl sites for hydroxylation is 2. The summed E-state index contributed by atoms with van der Waals surface area (Å²) >= 11 is 0. The van der Waals surface area contributed by atoms with Gasteiger partial charge < -0.3 is 13.9 Å². The fourth-order valence-electron chi connectivity index (χ4n) is 4.14. The third-order valence-corrected chi connectivity index (χ3v) is 5.69. The predicted molar refractivity (Wildman–Crippen MR) is 106 cm³/mol. The van der Waals surface area contributed by atoms with Crippen molar-refractivity contribution in [3.63, 3.8) is 0 Å². The lowest BCUT2D eigenvalue weighted by molar-refractivity contribution is 0.0711. The number of imidazole rings is 1. The molecule has 0 saturated carbocycles. The van der Waals surface area contributed by atoms with Crippen molar-refractivity contribution >= 4 is 16.9 Å². The zero-order valence-corrected chi connectivity index (χ0v) is 16.1. The molecule has 4 rings (SSSR count). The zero-order valence-electron chi connectivity index (χ0n) is 16.1. The van der Waals surface area contributed by atoms with E-state index in [-0.39, 0.29) is 5.91 Å².